The summed E-state index contributed by atoms with van der Waals surface area (Å²) in [5.74, 6) is -0.214. The summed E-state index contributed by atoms with van der Waals surface area (Å²) in [5, 5.41) is 3.28. The molecule has 0 unspecified atom stereocenters. The molecule has 36 heavy (non-hydrogen) atoms. The molecule has 6 nitrogen and oxygen atoms in total. The molecule has 1 atom stereocenters. The Hall–Kier alpha value is -3.94. The molecule has 0 amide bonds. The zero-order chi connectivity index (χ0) is 25.2. The van der Waals surface area contributed by atoms with E-state index in [2.05, 4.69) is 5.32 Å². The molecule has 0 saturated carbocycles. The van der Waals surface area contributed by atoms with E-state index in [0.717, 1.165) is 16.7 Å². The zero-order valence-corrected chi connectivity index (χ0v) is 20.4. The van der Waals surface area contributed by atoms with Crippen LogP contribution in [0.15, 0.2) is 120 Å². The molecular weight excluding hydrogens is 474 g/mol. The fourth-order valence-corrected chi connectivity index (χ4v) is 4.57. The third kappa shape index (κ3) is 7.28. The quantitative estimate of drug-likeness (QED) is 0.233. The van der Waals surface area contributed by atoms with Crippen LogP contribution in [0.25, 0.3) is 0 Å². The Bertz CT molecular complexity index is 1360. The molecule has 4 aromatic rings. The van der Waals surface area contributed by atoms with Crippen molar-refractivity contribution >= 4 is 16.1 Å². The van der Waals surface area contributed by atoms with Gasteiger partial charge in [-0.25, -0.2) is 0 Å². The van der Waals surface area contributed by atoms with Crippen molar-refractivity contribution < 1.29 is 22.1 Å². The van der Waals surface area contributed by atoms with E-state index in [1.165, 1.54) is 12.1 Å². The van der Waals surface area contributed by atoms with Gasteiger partial charge in [-0.05, 0) is 47.4 Å². The molecule has 0 aliphatic heterocycles. The highest BCUT2D eigenvalue weighted by Crippen LogP contribution is 2.21. The van der Waals surface area contributed by atoms with Crippen LogP contribution >= 0.6 is 0 Å². The molecular formula is C29H27NO5S. The molecule has 0 fully saturated rings. The van der Waals surface area contributed by atoms with Crippen LogP contribution in [0.4, 0.5) is 0 Å². The predicted molar refractivity (Wildman–Crippen MR) is 138 cm³/mol. The molecule has 0 heterocycles. The predicted octanol–water partition coefficient (Wildman–Crippen LogP) is 4.90. The van der Waals surface area contributed by atoms with Crippen molar-refractivity contribution in [2.45, 2.75) is 30.5 Å². The van der Waals surface area contributed by atoms with Crippen LogP contribution in [0.2, 0.25) is 0 Å². The highest BCUT2D eigenvalue weighted by atomic mass is 32.2. The molecule has 7 heteroatoms. The van der Waals surface area contributed by atoms with Crippen molar-refractivity contribution in [1.29, 1.82) is 0 Å². The van der Waals surface area contributed by atoms with Crippen molar-refractivity contribution in [3.05, 3.63) is 132 Å². The smallest absolute Gasteiger partial charge is 0.339 e. The lowest BCUT2D eigenvalue weighted by Crippen LogP contribution is -2.39. The third-order valence-electron chi connectivity index (χ3n) is 5.48. The first-order valence-corrected chi connectivity index (χ1v) is 13.0. The minimum atomic E-state index is -3.97. The Morgan fingerprint density at radius 3 is 1.97 bits per heavy atom. The van der Waals surface area contributed by atoms with Gasteiger partial charge in [0, 0.05) is 6.54 Å². The summed E-state index contributed by atoms with van der Waals surface area (Å²) in [6.07, 6.45) is 0.295. The van der Waals surface area contributed by atoms with E-state index in [0.29, 0.717) is 13.0 Å². The fourth-order valence-electron chi connectivity index (χ4n) is 3.63. The molecule has 0 radical (unpaired) electrons. The number of hydrogen-bond acceptors (Lipinski definition) is 6. The molecule has 0 bridgehead atoms. The Labute approximate surface area is 211 Å². The van der Waals surface area contributed by atoms with E-state index < -0.39 is 22.1 Å². The molecule has 4 aromatic carbocycles. The number of rotatable bonds is 11. The van der Waals surface area contributed by atoms with Crippen molar-refractivity contribution in [2.75, 3.05) is 0 Å². The molecule has 184 valence electrons. The average molecular weight is 502 g/mol. The van der Waals surface area contributed by atoms with Gasteiger partial charge in [0.15, 0.2) is 0 Å². The maximum Gasteiger partial charge on any atom is 0.339 e. The number of nitrogens with one attached hydrogen (secondary N) is 1. The average Bonchev–Trinajstić information content (AvgIpc) is 2.91. The van der Waals surface area contributed by atoms with E-state index in [-0.39, 0.29) is 17.3 Å². The van der Waals surface area contributed by atoms with Gasteiger partial charge < -0.3 is 14.2 Å². The van der Waals surface area contributed by atoms with Gasteiger partial charge in [0.2, 0.25) is 0 Å². The van der Waals surface area contributed by atoms with Gasteiger partial charge in [0.05, 0.1) is 0 Å². The monoisotopic (exact) mass is 501 g/mol. The second-order valence-electron chi connectivity index (χ2n) is 8.21. The first-order chi connectivity index (χ1) is 17.5. The normalized spacial score (nSPS) is 12.0. The van der Waals surface area contributed by atoms with Crippen LogP contribution in [0.5, 0.6) is 5.75 Å². The van der Waals surface area contributed by atoms with Crippen LogP contribution in [0.3, 0.4) is 0 Å². The Morgan fingerprint density at radius 2 is 1.31 bits per heavy atom. The number of carbonyl (C=O) groups is 1. The largest absolute Gasteiger partial charge is 0.460 e. The van der Waals surface area contributed by atoms with Crippen LogP contribution < -0.4 is 9.50 Å². The standard InChI is InChI=1S/C29H27NO5S/c31-29(34-22-24-13-6-2-7-14-24)28(30-21-23-11-4-1-5-12-23)20-25-15-10-16-26(19-25)35-36(32,33)27-17-8-3-9-18-27/h1-19,28,30H,20-22H2/t28-/m0/s1. The maximum absolute atomic E-state index is 13.0. The molecule has 0 aromatic heterocycles. The summed E-state index contributed by atoms with van der Waals surface area (Å²) in [5.41, 5.74) is 2.66. The second-order valence-corrected chi connectivity index (χ2v) is 9.76. The summed E-state index contributed by atoms with van der Waals surface area (Å²) >= 11 is 0. The van der Waals surface area contributed by atoms with E-state index in [1.807, 2.05) is 66.7 Å². The number of carbonyl (C=O) groups excluding carboxylic acids is 1. The Kier molecular flexibility index (Phi) is 8.49. The number of benzene rings is 4. The van der Waals surface area contributed by atoms with Crippen molar-refractivity contribution in [2.24, 2.45) is 0 Å². The first-order valence-electron chi connectivity index (χ1n) is 11.6. The number of hydrogen-bond donors (Lipinski definition) is 1. The van der Waals surface area contributed by atoms with Gasteiger partial charge in [0.25, 0.3) is 0 Å². The minimum Gasteiger partial charge on any atom is -0.460 e. The van der Waals surface area contributed by atoms with Gasteiger partial charge >= 0.3 is 16.1 Å². The molecule has 0 spiro atoms. The van der Waals surface area contributed by atoms with E-state index >= 15 is 0 Å². The summed E-state index contributed by atoms with van der Waals surface area (Å²) in [4.78, 5) is 13.1. The summed E-state index contributed by atoms with van der Waals surface area (Å²) in [6, 6.07) is 33.3. The first kappa shape index (κ1) is 25.2. The molecule has 4 rings (SSSR count). The van der Waals surface area contributed by atoms with Crippen molar-refractivity contribution in [3.8, 4) is 5.75 Å². The zero-order valence-electron chi connectivity index (χ0n) is 19.6. The van der Waals surface area contributed by atoms with Crippen LogP contribution in [-0.4, -0.2) is 20.4 Å². The highest BCUT2D eigenvalue weighted by molar-refractivity contribution is 7.87. The number of esters is 1. The van der Waals surface area contributed by atoms with Crippen molar-refractivity contribution in [1.82, 2.24) is 5.32 Å². The molecule has 0 saturated heterocycles. The van der Waals surface area contributed by atoms with E-state index in [9.17, 15) is 13.2 Å². The van der Waals surface area contributed by atoms with E-state index in [4.69, 9.17) is 8.92 Å². The minimum absolute atomic E-state index is 0.0716. The highest BCUT2D eigenvalue weighted by Gasteiger charge is 2.22. The second kappa shape index (κ2) is 12.2. The van der Waals surface area contributed by atoms with Crippen LogP contribution in [0.1, 0.15) is 16.7 Å². The number of ether oxygens (including phenoxy) is 1. The lowest BCUT2D eigenvalue weighted by atomic mass is 10.1. The van der Waals surface area contributed by atoms with Gasteiger partial charge in [-0.1, -0.05) is 91.0 Å². The molecule has 1 N–H and O–H groups in total. The molecule has 0 aliphatic carbocycles. The van der Waals surface area contributed by atoms with Gasteiger partial charge in [-0.2, -0.15) is 8.42 Å². The van der Waals surface area contributed by atoms with Crippen LogP contribution in [0, 0.1) is 0 Å². The topological polar surface area (TPSA) is 81.7 Å². The Morgan fingerprint density at radius 1 is 0.722 bits per heavy atom. The Balaban J connectivity index is 1.47. The summed E-state index contributed by atoms with van der Waals surface area (Å²) in [6.45, 7) is 0.645. The van der Waals surface area contributed by atoms with Gasteiger partial charge in [0.1, 0.15) is 23.3 Å². The lowest BCUT2D eigenvalue weighted by Gasteiger charge is -2.18. The van der Waals surface area contributed by atoms with Gasteiger partial charge in [-0.15, -0.1) is 0 Å². The lowest BCUT2D eigenvalue weighted by molar-refractivity contribution is -0.147. The van der Waals surface area contributed by atoms with E-state index in [1.54, 1.807) is 36.4 Å². The summed E-state index contributed by atoms with van der Waals surface area (Å²) < 4.78 is 36.2. The SMILES string of the molecule is O=C(OCc1ccccc1)[C@H](Cc1cccc(OS(=O)(=O)c2ccccc2)c1)NCc1ccccc1. The van der Waals surface area contributed by atoms with Gasteiger partial charge in [-0.3, -0.25) is 4.79 Å². The van der Waals surface area contributed by atoms with Crippen LogP contribution in [-0.2, 0) is 39.2 Å². The summed E-state index contributed by atoms with van der Waals surface area (Å²) in [7, 11) is -3.97. The van der Waals surface area contributed by atoms with Crippen molar-refractivity contribution in [3.63, 3.8) is 0 Å². The molecule has 0 aliphatic rings. The fraction of sp³-hybridized carbons (Fsp3) is 0.138. The third-order valence-corrected chi connectivity index (χ3v) is 6.74. The maximum atomic E-state index is 13.0.